The molecular weight excluding hydrogens is 249 g/mol. The minimum Gasteiger partial charge on any atom is -0.359 e. The molecule has 0 aliphatic carbocycles. The Bertz CT molecular complexity index is 517. The van der Waals surface area contributed by atoms with Gasteiger partial charge in [-0.15, -0.1) is 0 Å². The zero-order chi connectivity index (χ0) is 13.2. The molecule has 2 heterocycles. The third kappa shape index (κ3) is 2.89. The Kier molecular flexibility index (Phi) is 3.37. The van der Waals surface area contributed by atoms with Crippen LogP contribution in [0.15, 0.2) is 23.0 Å². The van der Waals surface area contributed by atoms with E-state index in [1.165, 1.54) is 0 Å². The molecule has 0 aliphatic rings. The molecule has 0 unspecified atom stereocenters. The van der Waals surface area contributed by atoms with Crippen molar-refractivity contribution in [2.45, 2.75) is 19.3 Å². The van der Waals surface area contributed by atoms with Crippen molar-refractivity contribution in [3.05, 3.63) is 35.5 Å². The number of nitrogens with zero attached hydrogens (tertiary/aromatic N) is 3. The smallest absolute Gasteiger partial charge is 0.359 e. The molecule has 0 radical (unpaired) electrons. The lowest BCUT2D eigenvalue weighted by atomic mass is 10.3. The lowest BCUT2D eigenvalue weighted by molar-refractivity contribution is -0.137. The van der Waals surface area contributed by atoms with Gasteiger partial charge in [-0.05, 0) is 7.05 Å². The summed E-state index contributed by atoms with van der Waals surface area (Å²) in [4.78, 5) is 0. The number of rotatable bonds is 4. The highest BCUT2D eigenvalue weighted by atomic mass is 19.4. The first-order chi connectivity index (χ1) is 8.49. The topological polar surface area (TPSA) is 55.9 Å². The predicted octanol–water partition coefficient (Wildman–Crippen LogP) is 1.66. The third-order valence-corrected chi connectivity index (χ3v) is 2.24. The minimum absolute atomic E-state index is 0.118. The molecule has 0 aliphatic heterocycles. The monoisotopic (exact) mass is 260 g/mol. The van der Waals surface area contributed by atoms with Crippen LogP contribution in [0.2, 0.25) is 0 Å². The van der Waals surface area contributed by atoms with Gasteiger partial charge in [-0.3, -0.25) is 4.68 Å². The average Bonchev–Trinajstić information content (AvgIpc) is 2.88. The van der Waals surface area contributed by atoms with Crippen LogP contribution in [0, 0.1) is 0 Å². The fraction of sp³-hybridized carbons (Fsp3) is 0.400. The van der Waals surface area contributed by atoms with Crippen molar-refractivity contribution >= 4 is 0 Å². The number of hydrogen-bond donors (Lipinski definition) is 1. The van der Waals surface area contributed by atoms with Gasteiger partial charge in [-0.1, -0.05) is 5.16 Å². The van der Waals surface area contributed by atoms with Gasteiger partial charge in [-0.2, -0.15) is 18.3 Å². The van der Waals surface area contributed by atoms with Crippen LogP contribution < -0.4 is 5.32 Å². The van der Waals surface area contributed by atoms with E-state index in [0.29, 0.717) is 18.0 Å². The van der Waals surface area contributed by atoms with Gasteiger partial charge >= 0.3 is 6.18 Å². The molecule has 0 atom stereocenters. The zero-order valence-electron chi connectivity index (χ0n) is 9.53. The SMILES string of the molecule is CNCc1cc(Cn2cc(C(F)(F)F)cn2)on1. The zero-order valence-corrected chi connectivity index (χ0v) is 9.53. The summed E-state index contributed by atoms with van der Waals surface area (Å²) in [6.07, 6.45) is -2.66. The lowest BCUT2D eigenvalue weighted by Crippen LogP contribution is -2.05. The largest absolute Gasteiger partial charge is 0.419 e. The molecule has 0 saturated heterocycles. The van der Waals surface area contributed by atoms with Crippen molar-refractivity contribution in [1.82, 2.24) is 20.3 Å². The highest BCUT2D eigenvalue weighted by Crippen LogP contribution is 2.28. The maximum absolute atomic E-state index is 12.3. The van der Waals surface area contributed by atoms with Crippen molar-refractivity contribution in [1.29, 1.82) is 0 Å². The third-order valence-electron chi connectivity index (χ3n) is 2.24. The Hall–Kier alpha value is -1.83. The Morgan fingerprint density at radius 2 is 2.22 bits per heavy atom. The summed E-state index contributed by atoms with van der Waals surface area (Å²) >= 11 is 0. The molecule has 98 valence electrons. The minimum atomic E-state index is -4.38. The highest BCUT2D eigenvalue weighted by molar-refractivity contribution is 5.10. The molecule has 0 amide bonds. The first-order valence-corrected chi connectivity index (χ1v) is 5.18. The van der Waals surface area contributed by atoms with Crippen LogP contribution in [0.4, 0.5) is 13.2 Å². The van der Waals surface area contributed by atoms with Crippen molar-refractivity contribution in [3.8, 4) is 0 Å². The van der Waals surface area contributed by atoms with Gasteiger partial charge in [0.05, 0.1) is 17.5 Å². The second kappa shape index (κ2) is 4.81. The summed E-state index contributed by atoms with van der Waals surface area (Å²) in [7, 11) is 1.76. The summed E-state index contributed by atoms with van der Waals surface area (Å²) in [6.45, 7) is 0.656. The summed E-state index contributed by atoms with van der Waals surface area (Å²) in [6, 6.07) is 1.67. The van der Waals surface area contributed by atoms with Crippen LogP contribution >= 0.6 is 0 Å². The first-order valence-electron chi connectivity index (χ1n) is 5.18. The predicted molar refractivity (Wildman–Crippen MR) is 55.6 cm³/mol. The maximum Gasteiger partial charge on any atom is 0.419 e. The molecule has 18 heavy (non-hydrogen) atoms. The van der Waals surface area contributed by atoms with E-state index < -0.39 is 11.7 Å². The molecule has 5 nitrogen and oxygen atoms in total. The van der Waals surface area contributed by atoms with Crippen LogP contribution in [-0.2, 0) is 19.3 Å². The van der Waals surface area contributed by atoms with Gasteiger partial charge in [0.25, 0.3) is 0 Å². The Balaban J connectivity index is 2.06. The van der Waals surface area contributed by atoms with E-state index in [-0.39, 0.29) is 6.54 Å². The Morgan fingerprint density at radius 3 is 2.83 bits per heavy atom. The van der Waals surface area contributed by atoms with Gasteiger partial charge in [0.15, 0.2) is 5.76 Å². The molecule has 0 fully saturated rings. The van der Waals surface area contributed by atoms with E-state index in [9.17, 15) is 13.2 Å². The molecule has 2 aromatic rings. The van der Waals surface area contributed by atoms with Crippen molar-refractivity contribution in [2.75, 3.05) is 7.05 Å². The van der Waals surface area contributed by atoms with Crippen LogP contribution in [0.3, 0.4) is 0 Å². The van der Waals surface area contributed by atoms with Gasteiger partial charge < -0.3 is 9.84 Å². The molecule has 0 bridgehead atoms. The van der Waals surface area contributed by atoms with E-state index in [0.717, 1.165) is 17.1 Å². The van der Waals surface area contributed by atoms with E-state index in [2.05, 4.69) is 15.6 Å². The standard InChI is InChI=1S/C10H11F3N4O/c1-14-4-8-2-9(18-16-8)6-17-5-7(3-15-17)10(11,12)13/h2-3,5,14H,4,6H2,1H3. The van der Waals surface area contributed by atoms with Gasteiger partial charge in [0.1, 0.15) is 6.54 Å². The van der Waals surface area contributed by atoms with E-state index in [1.807, 2.05) is 0 Å². The summed E-state index contributed by atoms with van der Waals surface area (Å²) in [5.74, 6) is 0.456. The molecular formula is C10H11F3N4O. The van der Waals surface area contributed by atoms with Crippen molar-refractivity contribution < 1.29 is 17.7 Å². The normalized spacial score (nSPS) is 12.0. The molecule has 2 aromatic heterocycles. The lowest BCUT2D eigenvalue weighted by Gasteiger charge is -2.00. The van der Waals surface area contributed by atoms with Crippen LogP contribution in [0.1, 0.15) is 17.0 Å². The van der Waals surface area contributed by atoms with Crippen LogP contribution in [-0.4, -0.2) is 22.0 Å². The summed E-state index contributed by atoms with van der Waals surface area (Å²) in [5.41, 5.74) is -0.0897. The Labute approximate surface area is 101 Å². The number of aromatic nitrogens is 3. The number of nitrogens with one attached hydrogen (secondary N) is 1. The van der Waals surface area contributed by atoms with Gasteiger partial charge in [0.2, 0.25) is 0 Å². The first kappa shape index (κ1) is 12.6. The van der Waals surface area contributed by atoms with Crippen LogP contribution in [0.25, 0.3) is 0 Å². The molecule has 0 saturated carbocycles. The molecule has 0 aromatic carbocycles. The molecule has 0 spiro atoms. The van der Waals surface area contributed by atoms with Gasteiger partial charge in [-0.25, -0.2) is 0 Å². The van der Waals surface area contributed by atoms with E-state index >= 15 is 0 Å². The average molecular weight is 260 g/mol. The quantitative estimate of drug-likeness (QED) is 0.908. The van der Waals surface area contributed by atoms with Gasteiger partial charge in [0, 0.05) is 18.8 Å². The molecule has 1 N–H and O–H groups in total. The van der Waals surface area contributed by atoms with E-state index in [1.54, 1.807) is 13.1 Å². The maximum atomic E-state index is 12.3. The number of alkyl halides is 3. The fourth-order valence-corrected chi connectivity index (χ4v) is 1.45. The highest BCUT2D eigenvalue weighted by Gasteiger charge is 2.32. The van der Waals surface area contributed by atoms with Crippen molar-refractivity contribution in [2.24, 2.45) is 0 Å². The number of halogens is 3. The second-order valence-electron chi connectivity index (χ2n) is 3.74. The fourth-order valence-electron chi connectivity index (χ4n) is 1.45. The Morgan fingerprint density at radius 1 is 1.44 bits per heavy atom. The van der Waals surface area contributed by atoms with E-state index in [4.69, 9.17) is 4.52 Å². The van der Waals surface area contributed by atoms with Crippen LogP contribution in [0.5, 0.6) is 0 Å². The second-order valence-corrected chi connectivity index (χ2v) is 3.74. The summed E-state index contributed by atoms with van der Waals surface area (Å²) in [5, 5.41) is 10.3. The molecule has 2 rings (SSSR count). The number of hydrogen-bond acceptors (Lipinski definition) is 4. The van der Waals surface area contributed by atoms with Crippen molar-refractivity contribution in [3.63, 3.8) is 0 Å². The summed E-state index contributed by atoms with van der Waals surface area (Å²) < 4.78 is 43.2. The molecule has 8 heteroatoms.